The predicted molar refractivity (Wildman–Crippen MR) is 119 cm³/mol. The van der Waals surface area contributed by atoms with E-state index in [2.05, 4.69) is 6.92 Å². The van der Waals surface area contributed by atoms with Crippen molar-refractivity contribution in [2.45, 2.75) is 19.8 Å². The number of fused-ring (bicyclic) bond motifs is 1. The van der Waals surface area contributed by atoms with Crippen LogP contribution in [-0.2, 0) is 0 Å². The van der Waals surface area contributed by atoms with Crippen molar-refractivity contribution >= 4 is 23.3 Å². The zero-order valence-corrected chi connectivity index (χ0v) is 18.3. The molecule has 0 spiro atoms. The molecule has 0 saturated heterocycles. The normalized spacial score (nSPS) is 11.1. The summed E-state index contributed by atoms with van der Waals surface area (Å²) >= 11 is 0. The maximum absolute atomic E-state index is 12.1. The minimum Gasteiger partial charge on any atom is -0.502 e. The second-order valence-corrected chi connectivity index (χ2v) is 6.75. The molecule has 0 saturated carbocycles. The summed E-state index contributed by atoms with van der Waals surface area (Å²) in [5.41, 5.74) is 1.66. The molecule has 0 aliphatic carbocycles. The molecule has 0 amide bonds. The minimum absolute atomic E-state index is 0.122. The lowest BCUT2D eigenvalue weighted by Crippen LogP contribution is -2.01. The number of unbranched alkanes of at least 4 members (excludes halogenated alkanes) is 1. The first kappa shape index (κ1) is 22.1. The lowest BCUT2D eigenvalue weighted by Gasteiger charge is -2.18. The Morgan fingerprint density at radius 3 is 2.26 bits per heavy atom. The van der Waals surface area contributed by atoms with Gasteiger partial charge >= 0.3 is 0 Å². The number of carbonyl (C=O) groups excluding carboxylic acids is 1. The van der Waals surface area contributed by atoms with E-state index in [1.807, 2.05) is 12.2 Å². The van der Waals surface area contributed by atoms with E-state index in [4.69, 9.17) is 23.4 Å². The summed E-state index contributed by atoms with van der Waals surface area (Å²) < 4.78 is 27.8. The van der Waals surface area contributed by atoms with E-state index in [1.165, 1.54) is 28.4 Å². The highest BCUT2D eigenvalue weighted by Crippen LogP contribution is 2.51. The Hall–Kier alpha value is -3.61. The fourth-order valence-electron chi connectivity index (χ4n) is 3.57. The van der Waals surface area contributed by atoms with Crippen molar-refractivity contribution in [2.24, 2.45) is 0 Å². The van der Waals surface area contributed by atoms with Crippen LogP contribution in [0.25, 0.3) is 28.2 Å². The minimum atomic E-state index is -0.122. The largest absolute Gasteiger partial charge is 0.502 e. The first-order valence-corrected chi connectivity index (χ1v) is 9.83. The van der Waals surface area contributed by atoms with Gasteiger partial charge in [0.1, 0.15) is 5.76 Å². The Balaban J connectivity index is 2.47. The third-order valence-electron chi connectivity index (χ3n) is 5.00. The average molecular weight is 426 g/mol. The molecule has 1 N–H and O–H groups in total. The molecule has 0 radical (unpaired) electrons. The average Bonchev–Trinajstić information content (AvgIpc) is 3.16. The Morgan fingerprint density at radius 2 is 1.68 bits per heavy atom. The molecule has 0 atom stereocenters. The van der Waals surface area contributed by atoms with Gasteiger partial charge in [-0.05, 0) is 30.7 Å². The number of aldehydes is 1. The van der Waals surface area contributed by atoms with E-state index < -0.39 is 0 Å². The number of hydrogen-bond donors (Lipinski definition) is 1. The first-order chi connectivity index (χ1) is 15.1. The van der Waals surface area contributed by atoms with Crippen molar-refractivity contribution in [3.8, 4) is 39.9 Å². The van der Waals surface area contributed by atoms with Gasteiger partial charge in [-0.15, -0.1) is 0 Å². The molecule has 31 heavy (non-hydrogen) atoms. The quantitative estimate of drug-likeness (QED) is 0.454. The van der Waals surface area contributed by atoms with Gasteiger partial charge in [-0.3, -0.25) is 4.79 Å². The second kappa shape index (κ2) is 9.47. The van der Waals surface area contributed by atoms with Gasteiger partial charge in [-0.2, -0.15) is 0 Å². The van der Waals surface area contributed by atoms with E-state index >= 15 is 0 Å². The zero-order chi connectivity index (χ0) is 22.5. The van der Waals surface area contributed by atoms with Crippen LogP contribution in [0.3, 0.4) is 0 Å². The monoisotopic (exact) mass is 426 g/mol. The summed E-state index contributed by atoms with van der Waals surface area (Å²) in [5.74, 6) is 1.68. The fourth-order valence-corrected chi connectivity index (χ4v) is 3.57. The number of carbonyl (C=O) groups is 1. The smallest absolute Gasteiger partial charge is 0.203 e. The van der Waals surface area contributed by atoms with Crippen molar-refractivity contribution in [3.63, 3.8) is 0 Å². The predicted octanol–water partition coefficient (Wildman–Crippen LogP) is 5.47. The summed E-state index contributed by atoms with van der Waals surface area (Å²) in [5, 5.41) is 11.3. The van der Waals surface area contributed by atoms with Crippen LogP contribution in [0.15, 0.2) is 28.7 Å². The summed E-state index contributed by atoms with van der Waals surface area (Å²) in [6.45, 7) is 2.07. The highest BCUT2D eigenvalue weighted by atomic mass is 16.5. The number of ether oxygens (including phenoxy) is 4. The topological polar surface area (TPSA) is 87.4 Å². The molecule has 3 rings (SSSR count). The second-order valence-electron chi connectivity index (χ2n) is 6.75. The van der Waals surface area contributed by atoms with Crippen LogP contribution in [0.5, 0.6) is 28.7 Å². The molecule has 0 bridgehead atoms. The number of phenolic OH excluding ortho intramolecular Hbond substituents is 1. The Labute approximate surface area is 180 Å². The lowest BCUT2D eigenvalue weighted by molar-refractivity contribution is 0.112. The number of phenols is 1. The third kappa shape index (κ3) is 3.79. The van der Waals surface area contributed by atoms with Gasteiger partial charge in [0.05, 0.1) is 28.4 Å². The van der Waals surface area contributed by atoms with Crippen LogP contribution >= 0.6 is 0 Å². The maximum atomic E-state index is 12.1. The van der Waals surface area contributed by atoms with Gasteiger partial charge in [-0.1, -0.05) is 19.4 Å². The molecule has 0 unspecified atom stereocenters. The van der Waals surface area contributed by atoms with Gasteiger partial charge in [0, 0.05) is 22.1 Å². The molecular weight excluding hydrogens is 400 g/mol. The van der Waals surface area contributed by atoms with E-state index in [9.17, 15) is 9.90 Å². The Morgan fingerprint density at radius 1 is 0.968 bits per heavy atom. The van der Waals surface area contributed by atoms with Crippen molar-refractivity contribution in [3.05, 3.63) is 35.6 Å². The molecule has 1 aromatic heterocycles. The van der Waals surface area contributed by atoms with Crippen molar-refractivity contribution < 1.29 is 33.3 Å². The van der Waals surface area contributed by atoms with Gasteiger partial charge in [0.15, 0.2) is 29.1 Å². The number of allylic oxidation sites excluding steroid dienone is 1. The third-order valence-corrected chi connectivity index (χ3v) is 5.00. The maximum Gasteiger partial charge on any atom is 0.203 e. The van der Waals surface area contributed by atoms with Crippen LogP contribution in [0.1, 0.15) is 35.9 Å². The van der Waals surface area contributed by atoms with Crippen LogP contribution in [-0.4, -0.2) is 39.8 Å². The van der Waals surface area contributed by atoms with E-state index in [0.717, 1.165) is 19.1 Å². The van der Waals surface area contributed by atoms with Crippen LogP contribution in [0.2, 0.25) is 0 Å². The molecule has 0 fully saturated rings. The standard InChI is InChI=1S/C24H26O7/c1-6-7-8-9-16-20(15-10-11-17(27-2)21(26)22(15)31-16)19-14(13-25)12-18(28-3)23(29-4)24(19)30-5/h8-13,26H,6-7H2,1-5H3/b9-8+. The Kier molecular flexibility index (Phi) is 6.74. The van der Waals surface area contributed by atoms with Crippen molar-refractivity contribution in [1.29, 1.82) is 0 Å². The van der Waals surface area contributed by atoms with E-state index in [0.29, 0.717) is 45.1 Å². The Bertz CT molecular complexity index is 1130. The molecule has 0 aliphatic heterocycles. The molecular formula is C24H26O7. The first-order valence-electron chi connectivity index (χ1n) is 9.83. The van der Waals surface area contributed by atoms with E-state index in [1.54, 1.807) is 18.2 Å². The molecule has 7 nitrogen and oxygen atoms in total. The number of hydrogen-bond acceptors (Lipinski definition) is 7. The SMILES string of the molecule is CCC/C=C/c1oc2c(O)c(OC)ccc2c1-c1c(C=O)cc(OC)c(OC)c1OC. The van der Waals surface area contributed by atoms with Crippen LogP contribution in [0.4, 0.5) is 0 Å². The van der Waals surface area contributed by atoms with Crippen LogP contribution in [0, 0.1) is 0 Å². The number of benzene rings is 2. The number of rotatable bonds is 9. The van der Waals surface area contributed by atoms with Gasteiger partial charge in [0.2, 0.25) is 11.5 Å². The highest BCUT2D eigenvalue weighted by Gasteiger charge is 2.28. The molecule has 164 valence electrons. The summed E-state index contributed by atoms with van der Waals surface area (Å²) in [6, 6.07) is 5.00. The van der Waals surface area contributed by atoms with Crippen LogP contribution < -0.4 is 18.9 Å². The lowest BCUT2D eigenvalue weighted by atomic mass is 9.94. The zero-order valence-electron chi connectivity index (χ0n) is 18.3. The van der Waals surface area contributed by atoms with E-state index in [-0.39, 0.29) is 17.1 Å². The van der Waals surface area contributed by atoms with Crippen molar-refractivity contribution in [1.82, 2.24) is 0 Å². The molecule has 3 aromatic rings. The summed E-state index contributed by atoms with van der Waals surface area (Å²) in [4.78, 5) is 12.1. The molecule has 0 aliphatic rings. The number of aromatic hydroxyl groups is 1. The molecule has 7 heteroatoms. The molecule has 2 aromatic carbocycles. The van der Waals surface area contributed by atoms with Gasteiger partial charge < -0.3 is 28.5 Å². The highest BCUT2D eigenvalue weighted by molar-refractivity contribution is 6.07. The van der Waals surface area contributed by atoms with Crippen molar-refractivity contribution in [2.75, 3.05) is 28.4 Å². The van der Waals surface area contributed by atoms with Gasteiger partial charge in [0.25, 0.3) is 0 Å². The molecule has 1 heterocycles. The van der Waals surface area contributed by atoms with Gasteiger partial charge in [-0.25, -0.2) is 0 Å². The fraction of sp³-hybridized carbons (Fsp3) is 0.292. The summed E-state index contributed by atoms with van der Waals surface area (Å²) in [6.07, 6.45) is 6.33. The number of furan rings is 1. The summed E-state index contributed by atoms with van der Waals surface area (Å²) in [7, 11) is 5.94. The number of methoxy groups -OCH3 is 4.